The molecule has 1 fully saturated rings. The fraction of sp³-hybridized carbons (Fsp3) is 0.768. The monoisotopic (exact) mass is 1120 g/mol. The number of rotatable bonds is 55. The quantitative estimate of drug-likeness (QED) is 0.0195. The van der Waals surface area contributed by atoms with Crippen molar-refractivity contribution in [2.24, 2.45) is 0 Å². The van der Waals surface area contributed by atoms with Crippen LogP contribution in [0.3, 0.4) is 0 Å². The Balaban J connectivity index is 2.64. The molecule has 462 valence electrons. The number of hydrogen-bond acceptors (Lipinski definition) is 10. The van der Waals surface area contributed by atoms with Crippen molar-refractivity contribution in [1.82, 2.24) is 5.32 Å². The molecule has 1 rings (SSSR count). The van der Waals surface area contributed by atoms with Gasteiger partial charge in [-0.2, -0.15) is 0 Å². The maximum absolute atomic E-state index is 13.4. The fourth-order valence-electron chi connectivity index (χ4n) is 9.85. The molecule has 0 spiro atoms. The number of ether oxygens (including phenoxy) is 3. The summed E-state index contributed by atoms with van der Waals surface area (Å²) in [5, 5.41) is 57.1. The molecule has 1 aliphatic heterocycles. The van der Waals surface area contributed by atoms with Crippen molar-refractivity contribution in [3.63, 3.8) is 0 Å². The van der Waals surface area contributed by atoms with E-state index in [-0.39, 0.29) is 19.4 Å². The lowest BCUT2D eigenvalue weighted by atomic mass is 9.99. The molecule has 11 nitrogen and oxygen atoms in total. The van der Waals surface area contributed by atoms with Crippen LogP contribution in [-0.4, -0.2) is 99.6 Å². The normalized spacial score (nSPS) is 19.3. The van der Waals surface area contributed by atoms with Crippen LogP contribution in [0.5, 0.6) is 0 Å². The first kappa shape index (κ1) is 74.9. The van der Waals surface area contributed by atoms with Gasteiger partial charge in [-0.25, -0.2) is 0 Å². The van der Waals surface area contributed by atoms with Gasteiger partial charge in [0.15, 0.2) is 12.4 Å². The predicted octanol–water partition coefficient (Wildman–Crippen LogP) is 16.1. The average molecular weight is 1120 g/mol. The minimum absolute atomic E-state index is 0.107. The largest absolute Gasteiger partial charge is 0.454 e. The summed E-state index contributed by atoms with van der Waals surface area (Å²) in [5.74, 6) is -1.21. The number of unbranched alkanes of at least 4 members (excludes halogenated alkanes) is 29. The standard InChI is InChI=1S/C69H121NO10/c1-4-7-10-13-16-19-22-25-27-29-30-31-32-33-34-35-37-39-42-45-48-51-54-57-64(74)80-67-66(76)65(75)63(58-71)79-69(67)78-59-60(61(72)55-52-49-46-43-40-24-21-18-15-12-9-6-3)70-68(77)62(73)56-53-50-47-44-41-38-36-28-26-23-20-17-14-11-8-5-2/h7,10,16,19,25-28,30-31,33-34,52,55,60-63,65-67,69,71-73,75-76H,4-6,8-9,11-15,17-18,20-24,29,32,35-51,53-54,56-59H2,1-3H3,(H,70,77)/b10-7-,19-16-,27-25-,28-26+,31-30-,34-33-,55-52+. The summed E-state index contributed by atoms with van der Waals surface area (Å²) in [4.78, 5) is 26.6. The highest BCUT2D eigenvalue weighted by atomic mass is 16.7. The molecule has 0 bridgehead atoms. The zero-order chi connectivity index (χ0) is 58.2. The molecular formula is C69H121NO10. The van der Waals surface area contributed by atoms with Crippen LogP contribution in [0.15, 0.2) is 85.1 Å². The molecule has 1 amide bonds. The molecule has 0 saturated carbocycles. The Kier molecular flexibility index (Phi) is 52.7. The van der Waals surface area contributed by atoms with Crippen LogP contribution >= 0.6 is 0 Å². The van der Waals surface area contributed by atoms with Gasteiger partial charge >= 0.3 is 5.97 Å². The molecule has 0 radical (unpaired) electrons. The third kappa shape index (κ3) is 43.5. The van der Waals surface area contributed by atoms with Gasteiger partial charge < -0.3 is 45.1 Å². The lowest BCUT2D eigenvalue weighted by Crippen LogP contribution is -2.61. The van der Waals surface area contributed by atoms with E-state index in [2.05, 4.69) is 99.0 Å². The molecule has 0 aromatic rings. The first-order valence-corrected chi connectivity index (χ1v) is 32.9. The van der Waals surface area contributed by atoms with Gasteiger partial charge in [-0.15, -0.1) is 0 Å². The Morgan fingerprint density at radius 2 is 0.900 bits per heavy atom. The first-order valence-electron chi connectivity index (χ1n) is 32.9. The maximum atomic E-state index is 13.4. The minimum Gasteiger partial charge on any atom is -0.454 e. The van der Waals surface area contributed by atoms with E-state index in [1.165, 1.54) is 103 Å². The van der Waals surface area contributed by atoms with Gasteiger partial charge in [-0.1, -0.05) is 260 Å². The van der Waals surface area contributed by atoms with E-state index in [0.29, 0.717) is 12.8 Å². The molecule has 1 aliphatic rings. The van der Waals surface area contributed by atoms with Gasteiger partial charge in [0.2, 0.25) is 5.91 Å². The Morgan fingerprint density at radius 3 is 1.36 bits per heavy atom. The van der Waals surface area contributed by atoms with Crippen LogP contribution in [0.1, 0.15) is 278 Å². The van der Waals surface area contributed by atoms with E-state index < -0.39 is 67.4 Å². The van der Waals surface area contributed by atoms with Crippen LogP contribution in [0, 0.1) is 0 Å². The molecule has 8 unspecified atom stereocenters. The van der Waals surface area contributed by atoms with Gasteiger partial charge in [0.25, 0.3) is 0 Å². The molecule has 80 heavy (non-hydrogen) atoms. The lowest BCUT2D eigenvalue weighted by molar-refractivity contribution is -0.305. The van der Waals surface area contributed by atoms with Gasteiger partial charge in [-0.3, -0.25) is 9.59 Å². The topological polar surface area (TPSA) is 175 Å². The van der Waals surface area contributed by atoms with E-state index >= 15 is 0 Å². The van der Waals surface area contributed by atoms with E-state index in [4.69, 9.17) is 14.2 Å². The predicted molar refractivity (Wildman–Crippen MR) is 333 cm³/mol. The second-order valence-corrected chi connectivity index (χ2v) is 22.5. The summed E-state index contributed by atoms with van der Waals surface area (Å²) in [5.41, 5.74) is 0. The van der Waals surface area contributed by atoms with Crippen LogP contribution in [-0.2, 0) is 23.8 Å². The zero-order valence-electron chi connectivity index (χ0n) is 51.2. The average Bonchev–Trinajstić information content (AvgIpc) is 3.48. The number of aliphatic hydroxyl groups excluding tert-OH is 5. The van der Waals surface area contributed by atoms with Crippen LogP contribution in [0.25, 0.3) is 0 Å². The fourth-order valence-corrected chi connectivity index (χ4v) is 9.85. The maximum Gasteiger partial charge on any atom is 0.306 e. The van der Waals surface area contributed by atoms with E-state index in [0.717, 1.165) is 128 Å². The summed E-state index contributed by atoms with van der Waals surface area (Å²) in [6.07, 6.45) is 63.3. The minimum atomic E-state index is -1.62. The van der Waals surface area contributed by atoms with Crippen LogP contribution < -0.4 is 5.32 Å². The summed E-state index contributed by atoms with van der Waals surface area (Å²) in [6, 6.07) is -1.03. The Bertz CT molecular complexity index is 1620. The number of allylic oxidation sites excluding steroid dienone is 13. The lowest BCUT2D eigenvalue weighted by Gasteiger charge is -2.41. The second kappa shape index (κ2) is 56.3. The molecule has 8 atom stereocenters. The van der Waals surface area contributed by atoms with Gasteiger partial charge in [0.05, 0.1) is 25.4 Å². The van der Waals surface area contributed by atoms with Crippen molar-refractivity contribution in [3.05, 3.63) is 85.1 Å². The summed E-state index contributed by atoms with van der Waals surface area (Å²) < 4.78 is 17.6. The Hall–Kier alpha value is -3.16. The smallest absolute Gasteiger partial charge is 0.306 e. The van der Waals surface area contributed by atoms with Crippen LogP contribution in [0.2, 0.25) is 0 Å². The van der Waals surface area contributed by atoms with E-state index in [9.17, 15) is 35.1 Å². The number of carbonyl (C=O) groups excluding carboxylic acids is 2. The molecule has 11 heteroatoms. The molecule has 1 saturated heterocycles. The highest BCUT2D eigenvalue weighted by Gasteiger charge is 2.47. The van der Waals surface area contributed by atoms with E-state index in [1.54, 1.807) is 6.08 Å². The molecule has 0 aromatic carbocycles. The first-order chi connectivity index (χ1) is 39.2. The third-order valence-electron chi connectivity index (χ3n) is 15.0. The van der Waals surface area contributed by atoms with Crippen molar-refractivity contribution in [3.8, 4) is 0 Å². The number of aliphatic hydroxyl groups is 5. The van der Waals surface area contributed by atoms with Crippen LogP contribution in [0.4, 0.5) is 0 Å². The van der Waals surface area contributed by atoms with Gasteiger partial charge in [0, 0.05) is 6.42 Å². The summed E-state index contributed by atoms with van der Waals surface area (Å²) in [6.45, 7) is 5.67. The number of amides is 1. The van der Waals surface area contributed by atoms with Crippen molar-refractivity contribution in [2.45, 2.75) is 327 Å². The number of esters is 1. The number of carbonyl (C=O) groups is 2. The summed E-state index contributed by atoms with van der Waals surface area (Å²) >= 11 is 0. The zero-order valence-corrected chi connectivity index (χ0v) is 51.2. The molecule has 1 heterocycles. The highest BCUT2D eigenvalue weighted by Crippen LogP contribution is 2.26. The van der Waals surface area contributed by atoms with Crippen molar-refractivity contribution in [2.75, 3.05) is 13.2 Å². The molecule has 0 aromatic heterocycles. The second-order valence-electron chi connectivity index (χ2n) is 22.5. The van der Waals surface area contributed by atoms with Gasteiger partial charge in [0.1, 0.15) is 24.4 Å². The number of hydrogen-bond donors (Lipinski definition) is 6. The number of nitrogens with one attached hydrogen (secondary N) is 1. The molecule has 0 aliphatic carbocycles. The summed E-state index contributed by atoms with van der Waals surface area (Å²) in [7, 11) is 0. The van der Waals surface area contributed by atoms with Gasteiger partial charge in [-0.05, 0) is 96.3 Å². The third-order valence-corrected chi connectivity index (χ3v) is 15.0. The molecule has 6 N–H and O–H groups in total. The van der Waals surface area contributed by atoms with Crippen molar-refractivity contribution >= 4 is 11.9 Å². The van der Waals surface area contributed by atoms with Crippen molar-refractivity contribution < 1.29 is 49.3 Å². The van der Waals surface area contributed by atoms with Crippen molar-refractivity contribution in [1.29, 1.82) is 0 Å². The molecular weight excluding hydrogens is 1000 g/mol. The SMILES string of the molecule is CC/C=C\C/C=C\C/C=C\C/C=C\C/C=C\CCCCCCCCCC(=O)OC1C(OCC(NC(=O)C(O)CCCCCCCC/C=C/CCCCCCCC)C(O)/C=C/CCCCCCCCCCCC)OC(CO)C(O)C1O. The highest BCUT2D eigenvalue weighted by molar-refractivity contribution is 5.80. The Morgan fingerprint density at radius 1 is 0.500 bits per heavy atom. The Labute approximate surface area is 489 Å². The van der Waals surface area contributed by atoms with E-state index in [1.807, 2.05) is 6.08 Å².